The lowest BCUT2D eigenvalue weighted by Gasteiger charge is -2.17. The van der Waals surface area contributed by atoms with Gasteiger partial charge in [0.2, 0.25) is 6.79 Å². The molecule has 1 N–H and O–H groups in total. The van der Waals surface area contributed by atoms with E-state index in [1.807, 2.05) is 0 Å². The van der Waals surface area contributed by atoms with Crippen molar-refractivity contribution >= 4 is 18.2 Å². The molecule has 0 unspecified atom stereocenters. The highest BCUT2D eigenvalue weighted by Gasteiger charge is 2.26. The number of esters is 1. The molecular formula is C21H21NO8. The molecule has 2 aromatic carbocycles. The van der Waals surface area contributed by atoms with Crippen LogP contribution in [0, 0.1) is 0 Å². The number of hydrogen-bond acceptors (Lipinski definition) is 8. The molecule has 0 spiro atoms. The van der Waals surface area contributed by atoms with Crippen LogP contribution in [0.4, 0.5) is 0 Å². The second kappa shape index (κ2) is 9.17. The highest BCUT2D eigenvalue weighted by molar-refractivity contribution is 6.02. The Morgan fingerprint density at radius 3 is 2.60 bits per heavy atom. The van der Waals surface area contributed by atoms with E-state index >= 15 is 0 Å². The zero-order chi connectivity index (χ0) is 21.7. The summed E-state index contributed by atoms with van der Waals surface area (Å²) in [6.45, 7) is 1.80. The van der Waals surface area contributed by atoms with Gasteiger partial charge in [-0.15, -0.1) is 0 Å². The second-order valence-electron chi connectivity index (χ2n) is 6.34. The summed E-state index contributed by atoms with van der Waals surface area (Å²) in [6.07, 6.45) is -0.606. The van der Waals surface area contributed by atoms with E-state index in [4.69, 9.17) is 23.7 Å². The molecule has 0 bridgehead atoms. The zero-order valence-electron chi connectivity index (χ0n) is 16.7. The normalized spacial score (nSPS) is 12.6. The Labute approximate surface area is 172 Å². The molecule has 0 aromatic heterocycles. The van der Waals surface area contributed by atoms with E-state index in [0.29, 0.717) is 17.8 Å². The number of aldehydes is 1. The van der Waals surface area contributed by atoms with E-state index in [9.17, 15) is 14.4 Å². The van der Waals surface area contributed by atoms with Gasteiger partial charge in [0.1, 0.15) is 5.56 Å². The van der Waals surface area contributed by atoms with Crippen molar-refractivity contribution in [2.45, 2.75) is 19.6 Å². The maximum absolute atomic E-state index is 12.7. The van der Waals surface area contributed by atoms with E-state index in [0.717, 1.165) is 5.56 Å². The van der Waals surface area contributed by atoms with Crippen LogP contribution in [0.1, 0.15) is 33.2 Å². The SMILES string of the molecule is COc1ccc(C=O)c(C(=O)O[C@H](C)C(=O)NCc2ccc3c(c2)OCO3)c1OC. The Bertz CT molecular complexity index is 972. The lowest BCUT2D eigenvalue weighted by atomic mass is 10.1. The molecule has 3 rings (SSSR count). The van der Waals surface area contributed by atoms with Crippen LogP contribution in [0.15, 0.2) is 30.3 Å². The summed E-state index contributed by atoms with van der Waals surface area (Å²) in [4.78, 5) is 36.4. The van der Waals surface area contributed by atoms with Crippen molar-refractivity contribution in [2.75, 3.05) is 21.0 Å². The van der Waals surface area contributed by atoms with E-state index in [-0.39, 0.29) is 36.0 Å². The number of carbonyl (C=O) groups excluding carboxylic acids is 3. The van der Waals surface area contributed by atoms with E-state index < -0.39 is 18.0 Å². The summed E-state index contributed by atoms with van der Waals surface area (Å²) in [7, 11) is 2.74. The summed E-state index contributed by atoms with van der Waals surface area (Å²) >= 11 is 0. The van der Waals surface area contributed by atoms with Crippen molar-refractivity contribution < 1.29 is 38.1 Å². The van der Waals surface area contributed by atoms with Crippen molar-refractivity contribution in [2.24, 2.45) is 0 Å². The maximum atomic E-state index is 12.7. The summed E-state index contributed by atoms with van der Waals surface area (Å²) in [5, 5.41) is 2.69. The third kappa shape index (κ3) is 4.29. The average molecular weight is 415 g/mol. The van der Waals surface area contributed by atoms with Crippen LogP contribution in [0.3, 0.4) is 0 Å². The fourth-order valence-electron chi connectivity index (χ4n) is 2.91. The predicted molar refractivity (Wildman–Crippen MR) is 104 cm³/mol. The van der Waals surface area contributed by atoms with Gasteiger partial charge in [-0.05, 0) is 36.8 Å². The first-order chi connectivity index (χ1) is 14.5. The van der Waals surface area contributed by atoms with Crippen LogP contribution in [0.2, 0.25) is 0 Å². The summed E-state index contributed by atoms with van der Waals surface area (Å²) in [5.74, 6) is 0.183. The largest absolute Gasteiger partial charge is 0.493 e. The van der Waals surface area contributed by atoms with Gasteiger partial charge in [0, 0.05) is 12.1 Å². The van der Waals surface area contributed by atoms with Crippen LogP contribution in [0.25, 0.3) is 0 Å². The number of methoxy groups -OCH3 is 2. The highest BCUT2D eigenvalue weighted by Crippen LogP contribution is 2.34. The Hall–Kier alpha value is -3.75. The molecule has 0 saturated carbocycles. The summed E-state index contributed by atoms with van der Waals surface area (Å²) < 4.78 is 26.2. The van der Waals surface area contributed by atoms with Gasteiger partial charge in [0.25, 0.3) is 5.91 Å². The first kappa shape index (κ1) is 21.0. The molecule has 158 valence electrons. The number of amides is 1. The molecule has 0 fully saturated rings. The molecule has 30 heavy (non-hydrogen) atoms. The number of rotatable bonds is 8. The minimum atomic E-state index is -1.11. The van der Waals surface area contributed by atoms with E-state index in [1.54, 1.807) is 18.2 Å². The molecule has 2 aromatic rings. The van der Waals surface area contributed by atoms with Gasteiger partial charge in [-0.2, -0.15) is 0 Å². The van der Waals surface area contributed by atoms with Crippen LogP contribution >= 0.6 is 0 Å². The molecule has 0 aliphatic carbocycles. The minimum absolute atomic E-state index is 0.0556. The van der Waals surface area contributed by atoms with Gasteiger partial charge >= 0.3 is 5.97 Å². The van der Waals surface area contributed by atoms with Gasteiger partial charge in [-0.25, -0.2) is 4.79 Å². The van der Waals surface area contributed by atoms with E-state index in [2.05, 4.69) is 5.32 Å². The molecule has 0 saturated heterocycles. The molecule has 9 heteroatoms. The molecule has 1 aliphatic heterocycles. The first-order valence-electron chi connectivity index (χ1n) is 9.05. The molecule has 9 nitrogen and oxygen atoms in total. The number of hydrogen-bond donors (Lipinski definition) is 1. The second-order valence-corrected chi connectivity index (χ2v) is 6.34. The fourth-order valence-corrected chi connectivity index (χ4v) is 2.91. The number of nitrogens with one attached hydrogen (secondary N) is 1. The number of carbonyl (C=O) groups is 3. The molecular weight excluding hydrogens is 394 g/mol. The Kier molecular flexibility index (Phi) is 6.41. The summed E-state index contributed by atoms with van der Waals surface area (Å²) in [6, 6.07) is 8.22. The van der Waals surface area contributed by atoms with Gasteiger partial charge in [-0.3, -0.25) is 9.59 Å². The maximum Gasteiger partial charge on any atom is 0.343 e. The fraction of sp³-hybridized carbons (Fsp3) is 0.286. The number of benzene rings is 2. The van der Waals surface area contributed by atoms with Crippen LogP contribution in [0.5, 0.6) is 23.0 Å². The Morgan fingerprint density at radius 1 is 1.13 bits per heavy atom. The standard InChI is InChI=1S/C21H21NO8/c1-12(20(24)22-9-13-4-6-15-17(8-13)29-11-28-15)30-21(25)18-14(10-23)5-7-16(26-2)19(18)27-3/h4-8,10,12H,9,11H2,1-3H3,(H,22,24)/t12-/m1/s1. The number of ether oxygens (including phenoxy) is 5. The van der Waals surface area contributed by atoms with Crippen LogP contribution in [-0.4, -0.2) is 45.3 Å². The quantitative estimate of drug-likeness (QED) is 0.516. The first-order valence-corrected chi connectivity index (χ1v) is 9.05. The Morgan fingerprint density at radius 2 is 1.90 bits per heavy atom. The molecule has 1 heterocycles. The van der Waals surface area contributed by atoms with Crippen molar-refractivity contribution in [1.82, 2.24) is 5.32 Å². The predicted octanol–water partition coefficient (Wildman–Crippen LogP) is 2.11. The smallest absolute Gasteiger partial charge is 0.343 e. The minimum Gasteiger partial charge on any atom is -0.493 e. The van der Waals surface area contributed by atoms with Gasteiger partial charge in [-0.1, -0.05) is 6.07 Å². The van der Waals surface area contributed by atoms with Crippen LogP contribution in [-0.2, 0) is 16.1 Å². The lowest BCUT2D eigenvalue weighted by Crippen LogP contribution is -2.35. The van der Waals surface area contributed by atoms with Crippen molar-refractivity contribution in [3.63, 3.8) is 0 Å². The van der Waals surface area contributed by atoms with Crippen molar-refractivity contribution in [1.29, 1.82) is 0 Å². The third-order valence-corrected chi connectivity index (χ3v) is 4.47. The molecule has 1 aliphatic rings. The molecule has 1 amide bonds. The zero-order valence-corrected chi connectivity index (χ0v) is 16.7. The topological polar surface area (TPSA) is 109 Å². The van der Waals surface area contributed by atoms with Crippen molar-refractivity contribution in [3.05, 3.63) is 47.0 Å². The van der Waals surface area contributed by atoms with Gasteiger partial charge in [0.15, 0.2) is 35.4 Å². The number of fused-ring (bicyclic) bond motifs is 1. The highest BCUT2D eigenvalue weighted by atomic mass is 16.7. The van der Waals surface area contributed by atoms with Crippen LogP contribution < -0.4 is 24.3 Å². The van der Waals surface area contributed by atoms with E-state index in [1.165, 1.54) is 33.3 Å². The average Bonchev–Trinajstić information content (AvgIpc) is 3.23. The third-order valence-electron chi connectivity index (χ3n) is 4.47. The molecule has 1 atom stereocenters. The lowest BCUT2D eigenvalue weighted by molar-refractivity contribution is -0.129. The van der Waals surface area contributed by atoms with Gasteiger partial charge < -0.3 is 29.0 Å². The van der Waals surface area contributed by atoms with Crippen molar-refractivity contribution in [3.8, 4) is 23.0 Å². The molecule has 0 radical (unpaired) electrons. The van der Waals surface area contributed by atoms with Gasteiger partial charge in [0.05, 0.1) is 14.2 Å². The Balaban J connectivity index is 1.66. The summed E-state index contributed by atoms with van der Waals surface area (Å²) in [5.41, 5.74) is 0.747. The monoisotopic (exact) mass is 415 g/mol.